The van der Waals surface area contributed by atoms with Crippen LogP contribution < -0.4 is 0 Å². The molecule has 5 nitrogen and oxygen atoms in total. The summed E-state index contributed by atoms with van der Waals surface area (Å²) in [5.41, 5.74) is 3.51. The molecule has 1 saturated heterocycles. The van der Waals surface area contributed by atoms with Crippen molar-refractivity contribution >= 4 is 6.09 Å². The molecular weight excluding hydrogens is 369 g/mol. The van der Waals surface area contributed by atoms with Crippen LogP contribution in [0.15, 0.2) is 24.3 Å². The van der Waals surface area contributed by atoms with Crippen molar-refractivity contribution in [1.29, 1.82) is 0 Å². The van der Waals surface area contributed by atoms with Gasteiger partial charge in [-0.1, -0.05) is 6.07 Å². The molecule has 29 heavy (non-hydrogen) atoms. The number of H-pyrrole nitrogens is 1. The van der Waals surface area contributed by atoms with Gasteiger partial charge >= 0.3 is 6.09 Å². The van der Waals surface area contributed by atoms with Crippen LogP contribution in [0.3, 0.4) is 0 Å². The highest BCUT2D eigenvalue weighted by Gasteiger charge is 2.28. The second-order valence-electron chi connectivity index (χ2n) is 9.40. The number of aromatic nitrogens is 2. The molecule has 0 bridgehead atoms. The van der Waals surface area contributed by atoms with Gasteiger partial charge in [-0.3, -0.25) is 5.10 Å². The molecule has 0 radical (unpaired) electrons. The Bertz CT molecular complexity index is 874. The lowest BCUT2D eigenvalue weighted by molar-refractivity contribution is 0.0184. The van der Waals surface area contributed by atoms with Gasteiger partial charge in [-0.05, 0) is 82.6 Å². The second-order valence-corrected chi connectivity index (χ2v) is 9.40. The molecule has 4 rings (SSSR count). The molecular formula is C23H30FN3O2. The molecule has 0 spiro atoms. The Labute approximate surface area is 171 Å². The number of rotatable bonds is 4. The topological polar surface area (TPSA) is 58.2 Å². The van der Waals surface area contributed by atoms with Crippen LogP contribution in [-0.4, -0.2) is 39.9 Å². The van der Waals surface area contributed by atoms with Crippen LogP contribution >= 0.6 is 0 Å². The van der Waals surface area contributed by atoms with E-state index in [-0.39, 0.29) is 11.9 Å². The van der Waals surface area contributed by atoms with Gasteiger partial charge in [0.2, 0.25) is 0 Å². The Morgan fingerprint density at radius 3 is 2.59 bits per heavy atom. The van der Waals surface area contributed by atoms with Crippen molar-refractivity contribution in [2.45, 2.75) is 64.4 Å². The van der Waals surface area contributed by atoms with E-state index < -0.39 is 5.60 Å². The molecule has 0 atom stereocenters. The predicted molar refractivity (Wildman–Crippen MR) is 110 cm³/mol. The van der Waals surface area contributed by atoms with Crippen LogP contribution in [0.4, 0.5) is 9.18 Å². The Kier molecular flexibility index (Phi) is 5.36. The highest BCUT2D eigenvalue weighted by Crippen LogP contribution is 2.40. The van der Waals surface area contributed by atoms with E-state index in [4.69, 9.17) is 4.74 Å². The van der Waals surface area contributed by atoms with Gasteiger partial charge in [0, 0.05) is 30.3 Å². The first-order valence-corrected chi connectivity index (χ1v) is 10.6. The summed E-state index contributed by atoms with van der Waals surface area (Å²) in [6.45, 7) is 7.06. The Hall–Kier alpha value is -2.37. The number of nitrogens with zero attached hydrogens (tertiary/aromatic N) is 2. The first-order chi connectivity index (χ1) is 13.8. The number of hydrogen-bond donors (Lipinski definition) is 1. The lowest BCUT2D eigenvalue weighted by Crippen LogP contribution is -2.42. The Balaban J connectivity index is 1.42. The second kappa shape index (κ2) is 7.81. The number of hydrogen-bond acceptors (Lipinski definition) is 3. The van der Waals surface area contributed by atoms with Crippen LogP contribution in [0, 0.1) is 11.7 Å². The summed E-state index contributed by atoms with van der Waals surface area (Å²) in [5, 5.41) is 7.57. The van der Waals surface area contributed by atoms with Crippen molar-refractivity contribution in [2.75, 3.05) is 13.1 Å². The van der Waals surface area contributed by atoms with Crippen LogP contribution in [0.1, 0.15) is 63.6 Å². The smallest absolute Gasteiger partial charge is 0.410 e. The van der Waals surface area contributed by atoms with Gasteiger partial charge in [-0.25, -0.2) is 9.18 Å². The number of nitrogens with one attached hydrogen (secondary N) is 1. The quantitative estimate of drug-likeness (QED) is 0.761. The molecule has 1 aromatic carbocycles. The lowest BCUT2D eigenvalue weighted by atomic mass is 9.88. The number of piperidine rings is 1. The molecule has 156 valence electrons. The SMILES string of the molecule is CC(C)(C)OC(=O)N1CCC(Cc2ccc(F)cc2-c2cc(C3CC3)[nH]n2)CC1. The van der Waals surface area contributed by atoms with E-state index in [0.717, 1.165) is 41.8 Å². The van der Waals surface area contributed by atoms with E-state index in [2.05, 4.69) is 16.3 Å². The largest absolute Gasteiger partial charge is 0.444 e. The van der Waals surface area contributed by atoms with Crippen molar-refractivity contribution in [1.82, 2.24) is 15.1 Å². The van der Waals surface area contributed by atoms with Gasteiger partial charge in [0.15, 0.2) is 0 Å². The molecule has 1 aliphatic carbocycles. The third-order valence-corrected chi connectivity index (χ3v) is 5.74. The number of benzene rings is 1. The van der Waals surface area contributed by atoms with Crippen molar-refractivity contribution < 1.29 is 13.9 Å². The fourth-order valence-corrected chi connectivity index (χ4v) is 4.00. The van der Waals surface area contributed by atoms with Gasteiger partial charge < -0.3 is 9.64 Å². The maximum absolute atomic E-state index is 14.0. The highest BCUT2D eigenvalue weighted by atomic mass is 19.1. The number of halogens is 1. The van der Waals surface area contributed by atoms with Crippen LogP contribution in [-0.2, 0) is 11.2 Å². The summed E-state index contributed by atoms with van der Waals surface area (Å²) < 4.78 is 19.4. The minimum atomic E-state index is -0.472. The molecule has 1 aromatic heterocycles. The summed E-state index contributed by atoms with van der Waals surface area (Å²) in [4.78, 5) is 14.1. The van der Waals surface area contributed by atoms with Crippen LogP contribution in [0.25, 0.3) is 11.3 Å². The maximum atomic E-state index is 14.0. The van der Waals surface area contributed by atoms with E-state index in [9.17, 15) is 9.18 Å². The fraction of sp³-hybridized carbons (Fsp3) is 0.565. The summed E-state index contributed by atoms with van der Waals surface area (Å²) in [6, 6.07) is 7.08. The van der Waals surface area contributed by atoms with Crippen molar-refractivity contribution in [3.63, 3.8) is 0 Å². The zero-order valence-electron chi connectivity index (χ0n) is 17.5. The predicted octanol–water partition coefficient (Wildman–Crippen LogP) is 5.28. The molecule has 2 aromatic rings. The fourth-order valence-electron chi connectivity index (χ4n) is 4.00. The molecule has 2 aliphatic rings. The first-order valence-electron chi connectivity index (χ1n) is 10.6. The van der Waals surface area contributed by atoms with E-state index in [1.165, 1.54) is 18.9 Å². The molecule has 1 aliphatic heterocycles. The monoisotopic (exact) mass is 399 g/mol. The third kappa shape index (κ3) is 4.98. The Morgan fingerprint density at radius 2 is 1.93 bits per heavy atom. The minimum absolute atomic E-state index is 0.234. The summed E-state index contributed by atoms with van der Waals surface area (Å²) in [7, 11) is 0. The van der Waals surface area contributed by atoms with E-state index in [1.807, 2.05) is 26.8 Å². The molecule has 2 fully saturated rings. The van der Waals surface area contributed by atoms with Crippen LogP contribution in [0.2, 0.25) is 0 Å². The summed E-state index contributed by atoms with van der Waals surface area (Å²) >= 11 is 0. The van der Waals surface area contributed by atoms with Crippen molar-refractivity contribution in [3.8, 4) is 11.3 Å². The summed E-state index contributed by atoms with van der Waals surface area (Å²) in [5.74, 6) is 0.810. The van der Waals surface area contributed by atoms with E-state index in [1.54, 1.807) is 11.0 Å². The van der Waals surface area contributed by atoms with Gasteiger partial charge in [0.05, 0.1) is 5.69 Å². The number of likely N-dealkylation sites (tertiary alicyclic amines) is 1. The number of carbonyl (C=O) groups excluding carboxylic acids is 1. The first kappa shape index (κ1) is 19.9. The standard InChI is InChI=1S/C23H30FN3O2/c1-23(2,3)29-22(28)27-10-8-15(9-11-27)12-17-6-7-18(24)13-19(17)21-14-20(25-26-21)16-4-5-16/h6-7,13-16H,4-5,8-12H2,1-3H3,(H,25,26). The number of amides is 1. The third-order valence-electron chi connectivity index (χ3n) is 5.74. The lowest BCUT2D eigenvalue weighted by Gasteiger charge is -2.33. The normalized spacial score (nSPS) is 18.1. The van der Waals surface area contributed by atoms with E-state index in [0.29, 0.717) is 24.9 Å². The molecule has 1 N–H and O–H groups in total. The van der Waals surface area contributed by atoms with Crippen molar-refractivity contribution in [2.24, 2.45) is 5.92 Å². The Morgan fingerprint density at radius 1 is 1.21 bits per heavy atom. The minimum Gasteiger partial charge on any atom is -0.444 e. The van der Waals surface area contributed by atoms with Gasteiger partial charge in [-0.15, -0.1) is 0 Å². The van der Waals surface area contributed by atoms with Gasteiger partial charge in [-0.2, -0.15) is 5.10 Å². The molecule has 1 saturated carbocycles. The average molecular weight is 400 g/mol. The van der Waals surface area contributed by atoms with Crippen LogP contribution in [0.5, 0.6) is 0 Å². The summed E-state index contributed by atoms with van der Waals surface area (Å²) in [6.07, 6.45) is 4.88. The van der Waals surface area contributed by atoms with E-state index >= 15 is 0 Å². The van der Waals surface area contributed by atoms with Crippen molar-refractivity contribution in [3.05, 3.63) is 41.3 Å². The number of ether oxygens (including phenoxy) is 1. The number of carbonyl (C=O) groups is 1. The zero-order valence-corrected chi connectivity index (χ0v) is 17.5. The molecule has 2 heterocycles. The maximum Gasteiger partial charge on any atom is 0.410 e. The zero-order chi connectivity index (χ0) is 20.6. The average Bonchev–Trinajstić information content (AvgIpc) is 3.39. The van der Waals surface area contributed by atoms with Gasteiger partial charge in [0.1, 0.15) is 11.4 Å². The highest BCUT2D eigenvalue weighted by molar-refractivity contribution is 5.68. The van der Waals surface area contributed by atoms with Gasteiger partial charge in [0.25, 0.3) is 0 Å². The molecule has 1 amide bonds. The molecule has 6 heteroatoms. The molecule has 0 unspecified atom stereocenters. The number of aromatic amines is 1.